The quantitative estimate of drug-likeness (QED) is 0.443. The minimum Gasteiger partial charge on any atom is -0.493 e. The van der Waals surface area contributed by atoms with Gasteiger partial charge in [0, 0.05) is 12.1 Å². The maximum absolute atomic E-state index is 13.5. The zero-order chi connectivity index (χ0) is 23.6. The summed E-state index contributed by atoms with van der Waals surface area (Å²) in [4.78, 5) is 17.3. The molecule has 0 saturated heterocycles. The normalized spacial score (nSPS) is 11.4. The van der Waals surface area contributed by atoms with Gasteiger partial charge in [0.2, 0.25) is 0 Å². The van der Waals surface area contributed by atoms with Crippen molar-refractivity contribution < 1.29 is 27.4 Å². The molecule has 0 atom stereocenters. The van der Waals surface area contributed by atoms with Crippen LogP contribution in [0.25, 0.3) is 22.3 Å². The molecule has 0 fully saturated rings. The minimum absolute atomic E-state index is 0.0101. The lowest BCUT2D eigenvalue weighted by atomic mass is 10.0. The van der Waals surface area contributed by atoms with E-state index in [1.165, 1.54) is 44.7 Å². The molecule has 0 aliphatic rings. The number of hydrogen-bond donors (Lipinski definition) is 2. The molecule has 0 unspecified atom stereocenters. The number of fused-ring (bicyclic) bond motifs is 1. The summed E-state index contributed by atoms with van der Waals surface area (Å²) in [5.74, 6) is 0.579. The van der Waals surface area contributed by atoms with Gasteiger partial charge in [-0.2, -0.15) is 18.3 Å². The van der Waals surface area contributed by atoms with Crippen molar-refractivity contribution in [1.82, 2.24) is 20.5 Å². The first-order valence-electron chi connectivity index (χ1n) is 9.81. The van der Waals surface area contributed by atoms with E-state index in [9.17, 15) is 18.0 Å². The molecular weight excluding hydrogens is 437 g/mol. The number of carbonyl (C=O) groups excluding carboxylic acids is 1. The number of aromatic nitrogens is 3. The van der Waals surface area contributed by atoms with Crippen LogP contribution in [0.2, 0.25) is 0 Å². The number of rotatable bonds is 6. The Balaban J connectivity index is 1.68. The van der Waals surface area contributed by atoms with Crippen molar-refractivity contribution in [2.24, 2.45) is 0 Å². The minimum atomic E-state index is -4.57. The summed E-state index contributed by atoms with van der Waals surface area (Å²) in [6.45, 7) is 0.162. The number of amides is 1. The molecule has 2 aromatic heterocycles. The largest absolute Gasteiger partial charge is 0.493 e. The molecule has 0 spiro atoms. The van der Waals surface area contributed by atoms with Crippen LogP contribution in [0.3, 0.4) is 0 Å². The van der Waals surface area contributed by atoms with E-state index in [0.29, 0.717) is 16.9 Å². The molecule has 170 valence electrons. The fraction of sp³-hybridized carbons (Fsp3) is 0.174. The molecule has 2 heterocycles. The molecule has 33 heavy (non-hydrogen) atoms. The molecule has 2 N–H and O–H groups in total. The van der Waals surface area contributed by atoms with Crippen molar-refractivity contribution in [1.29, 1.82) is 0 Å². The average molecular weight is 456 g/mol. The van der Waals surface area contributed by atoms with Crippen LogP contribution in [0.5, 0.6) is 11.5 Å². The molecule has 1 amide bonds. The first-order valence-corrected chi connectivity index (χ1v) is 9.81. The van der Waals surface area contributed by atoms with Gasteiger partial charge in [0.25, 0.3) is 5.91 Å². The van der Waals surface area contributed by atoms with Crippen LogP contribution in [-0.4, -0.2) is 35.3 Å². The zero-order valence-electron chi connectivity index (χ0n) is 17.7. The number of alkyl halides is 3. The maximum atomic E-state index is 13.5. The number of hydrogen-bond acceptors (Lipinski definition) is 5. The summed E-state index contributed by atoms with van der Waals surface area (Å²) in [6.07, 6.45) is -3.16. The van der Waals surface area contributed by atoms with Gasteiger partial charge in [-0.15, -0.1) is 0 Å². The summed E-state index contributed by atoms with van der Waals surface area (Å²) in [7, 11) is 3.03. The molecule has 0 bridgehead atoms. The van der Waals surface area contributed by atoms with Crippen LogP contribution in [0.15, 0.2) is 54.7 Å². The Morgan fingerprint density at radius 2 is 1.82 bits per heavy atom. The highest BCUT2D eigenvalue weighted by Crippen LogP contribution is 2.37. The summed E-state index contributed by atoms with van der Waals surface area (Å²) >= 11 is 0. The fourth-order valence-electron chi connectivity index (χ4n) is 3.48. The van der Waals surface area contributed by atoms with Crippen LogP contribution in [0.1, 0.15) is 21.5 Å². The Morgan fingerprint density at radius 3 is 2.55 bits per heavy atom. The number of pyridine rings is 1. The Morgan fingerprint density at radius 1 is 1.06 bits per heavy atom. The maximum Gasteiger partial charge on any atom is 0.417 e. The summed E-state index contributed by atoms with van der Waals surface area (Å²) in [5.41, 5.74) is 0.155. The number of aromatic amines is 1. The molecule has 4 rings (SSSR count). The van der Waals surface area contributed by atoms with Gasteiger partial charge in [-0.05, 0) is 29.8 Å². The first kappa shape index (κ1) is 22.1. The van der Waals surface area contributed by atoms with Gasteiger partial charge in [-0.3, -0.25) is 9.89 Å². The van der Waals surface area contributed by atoms with E-state index in [1.807, 2.05) is 0 Å². The first-order chi connectivity index (χ1) is 15.8. The van der Waals surface area contributed by atoms with Crippen LogP contribution in [0, 0.1) is 0 Å². The average Bonchev–Trinajstić information content (AvgIpc) is 3.30. The van der Waals surface area contributed by atoms with Crippen LogP contribution < -0.4 is 14.8 Å². The highest BCUT2D eigenvalue weighted by Gasteiger charge is 2.34. The summed E-state index contributed by atoms with van der Waals surface area (Å²) in [6, 6.07) is 11.6. The van der Waals surface area contributed by atoms with Crippen molar-refractivity contribution in [3.05, 3.63) is 71.4 Å². The Bertz CT molecular complexity index is 1320. The third-order valence-corrected chi connectivity index (χ3v) is 5.08. The number of carbonyl (C=O) groups is 1. The van der Waals surface area contributed by atoms with E-state index in [0.717, 1.165) is 11.6 Å². The van der Waals surface area contributed by atoms with Gasteiger partial charge in [-0.1, -0.05) is 24.3 Å². The number of ether oxygens (including phenoxy) is 2. The van der Waals surface area contributed by atoms with Crippen LogP contribution in [-0.2, 0) is 12.7 Å². The van der Waals surface area contributed by atoms with Crippen LogP contribution in [0.4, 0.5) is 13.2 Å². The van der Waals surface area contributed by atoms with Gasteiger partial charge in [0.1, 0.15) is 0 Å². The van der Waals surface area contributed by atoms with E-state index in [4.69, 9.17) is 9.47 Å². The topological polar surface area (TPSA) is 89.1 Å². The predicted molar refractivity (Wildman–Crippen MR) is 115 cm³/mol. The van der Waals surface area contributed by atoms with Crippen molar-refractivity contribution in [3.63, 3.8) is 0 Å². The van der Waals surface area contributed by atoms with Gasteiger partial charge < -0.3 is 14.8 Å². The summed E-state index contributed by atoms with van der Waals surface area (Å²) in [5, 5.41) is 9.70. The second-order valence-electron chi connectivity index (χ2n) is 7.10. The van der Waals surface area contributed by atoms with Crippen molar-refractivity contribution in [2.45, 2.75) is 12.7 Å². The van der Waals surface area contributed by atoms with Gasteiger partial charge in [0.15, 0.2) is 17.1 Å². The Kier molecular flexibility index (Phi) is 5.91. The number of halogens is 3. The zero-order valence-corrected chi connectivity index (χ0v) is 17.7. The van der Waals surface area contributed by atoms with Crippen molar-refractivity contribution >= 4 is 16.9 Å². The highest BCUT2D eigenvalue weighted by molar-refractivity contribution is 6.06. The number of nitrogens with zero attached hydrogens (tertiary/aromatic N) is 2. The predicted octanol–water partition coefficient (Wildman–Crippen LogP) is 4.59. The van der Waals surface area contributed by atoms with E-state index >= 15 is 0 Å². The monoisotopic (exact) mass is 456 g/mol. The second kappa shape index (κ2) is 8.81. The SMILES string of the molecule is COc1ccc(CNC(=O)c2cc(-c3ccccc3C(F)(F)F)nc3[nH]ncc23)cc1OC. The molecule has 7 nitrogen and oxygen atoms in total. The number of benzene rings is 2. The lowest BCUT2D eigenvalue weighted by Crippen LogP contribution is -2.23. The fourth-order valence-corrected chi connectivity index (χ4v) is 3.48. The standard InChI is InChI=1S/C23H19F3N4O3/c1-32-19-8-7-13(9-20(19)33-2)11-27-22(31)15-10-18(29-21-16(15)12-28-30-21)14-5-3-4-6-17(14)23(24,25)26/h3-10,12H,11H2,1-2H3,(H,27,31)(H,28,29,30). The lowest BCUT2D eigenvalue weighted by molar-refractivity contribution is -0.137. The third-order valence-electron chi connectivity index (χ3n) is 5.08. The Hall–Kier alpha value is -4.08. The van der Waals surface area contributed by atoms with Gasteiger partial charge in [-0.25, -0.2) is 4.98 Å². The third kappa shape index (κ3) is 4.45. The molecule has 2 aromatic carbocycles. The van der Waals surface area contributed by atoms with E-state index in [2.05, 4.69) is 20.5 Å². The molecule has 0 aliphatic carbocycles. The van der Waals surface area contributed by atoms with Crippen LogP contribution >= 0.6 is 0 Å². The molecule has 4 aromatic rings. The molecule has 0 radical (unpaired) electrons. The van der Waals surface area contributed by atoms with Crippen molar-refractivity contribution in [3.8, 4) is 22.8 Å². The molecule has 10 heteroatoms. The number of H-pyrrole nitrogens is 1. The van der Waals surface area contributed by atoms with E-state index in [-0.39, 0.29) is 29.0 Å². The molecule has 0 aliphatic heterocycles. The molecular formula is C23H19F3N4O3. The van der Waals surface area contributed by atoms with Gasteiger partial charge in [0.05, 0.1) is 42.6 Å². The van der Waals surface area contributed by atoms with Crippen molar-refractivity contribution in [2.75, 3.05) is 14.2 Å². The smallest absolute Gasteiger partial charge is 0.417 e. The Labute approximate surface area is 186 Å². The van der Waals surface area contributed by atoms with Gasteiger partial charge >= 0.3 is 6.18 Å². The number of nitrogens with one attached hydrogen (secondary N) is 2. The summed E-state index contributed by atoms with van der Waals surface area (Å²) < 4.78 is 51.0. The molecule has 0 saturated carbocycles. The second-order valence-corrected chi connectivity index (χ2v) is 7.10. The van der Waals surface area contributed by atoms with E-state index < -0.39 is 17.6 Å². The highest BCUT2D eigenvalue weighted by atomic mass is 19.4. The van der Waals surface area contributed by atoms with E-state index in [1.54, 1.807) is 18.2 Å². The number of methoxy groups -OCH3 is 2. The lowest BCUT2D eigenvalue weighted by Gasteiger charge is -2.14.